The van der Waals surface area contributed by atoms with Crippen LogP contribution in [0, 0.1) is 12.7 Å². The van der Waals surface area contributed by atoms with Gasteiger partial charge in [0.25, 0.3) is 0 Å². The molecule has 0 saturated carbocycles. The summed E-state index contributed by atoms with van der Waals surface area (Å²) in [5.74, 6) is -0.176. The van der Waals surface area contributed by atoms with Gasteiger partial charge in [-0.15, -0.1) is 0 Å². The molecular weight excluding hydrogens is 253 g/mol. The molecule has 0 radical (unpaired) electrons. The average molecular weight is 273 g/mol. The van der Waals surface area contributed by atoms with Crippen molar-refractivity contribution in [3.63, 3.8) is 0 Å². The van der Waals surface area contributed by atoms with E-state index in [9.17, 15) is 4.39 Å². The summed E-state index contributed by atoms with van der Waals surface area (Å²) in [6, 6.07) is 7.12. The minimum Gasteiger partial charge on any atom is -0.398 e. The fourth-order valence-corrected chi connectivity index (χ4v) is 2.27. The lowest BCUT2D eigenvalue weighted by molar-refractivity contribution is 0.546. The summed E-state index contributed by atoms with van der Waals surface area (Å²) in [7, 11) is 0. The van der Waals surface area contributed by atoms with Gasteiger partial charge in [-0.2, -0.15) is 0 Å². The van der Waals surface area contributed by atoms with Crippen molar-refractivity contribution < 1.29 is 4.39 Å². The molecule has 1 heterocycles. The predicted molar refractivity (Wildman–Crippen MR) is 79.9 cm³/mol. The molecule has 106 valence electrons. The Morgan fingerprint density at radius 1 is 1.35 bits per heavy atom. The third kappa shape index (κ3) is 3.33. The molecule has 0 bridgehead atoms. The first-order chi connectivity index (χ1) is 9.61. The normalized spacial score (nSPS) is 12.3. The molecule has 0 amide bonds. The van der Waals surface area contributed by atoms with Crippen LogP contribution >= 0.6 is 0 Å². The Morgan fingerprint density at radius 3 is 2.80 bits per heavy atom. The van der Waals surface area contributed by atoms with Crippen molar-refractivity contribution in [3.05, 3.63) is 59.2 Å². The molecule has 0 aliphatic heterocycles. The van der Waals surface area contributed by atoms with Crippen molar-refractivity contribution in [2.24, 2.45) is 0 Å². The van der Waals surface area contributed by atoms with Gasteiger partial charge in [-0.25, -0.2) is 4.39 Å². The largest absolute Gasteiger partial charge is 0.398 e. The lowest BCUT2D eigenvalue weighted by Gasteiger charge is -2.20. The lowest BCUT2D eigenvalue weighted by Crippen LogP contribution is -2.23. The Morgan fingerprint density at radius 2 is 2.15 bits per heavy atom. The molecule has 1 aromatic heterocycles. The monoisotopic (exact) mass is 273 g/mol. The smallest absolute Gasteiger partial charge is 0.126 e. The number of rotatable bonds is 5. The third-order valence-electron chi connectivity index (χ3n) is 3.40. The summed E-state index contributed by atoms with van der Waals surface area (Å²) >= 11 is 0. The summed E-state index contributed by atoms with van der Waals surface area (Å²) in [6.45, 7) is 4.66. The maximum Gasteiger partial charge on any atom is 0.126 e. The van der Waals surface area contributed by atoms with Gasteiger partial charge >= 0.3 is 0 Å². The number of nitrogens with zero attached hydrogens (tertiary/aromatic N) is 1. The number of halogens is 1. The molecule has 1 aromatic carbocycles. The van der Waals surface area contributed by atoms with Crippen LogP contribution in [0.2, 0.25) is 0 Å². The van der Waals surface area contributed by atoms with E-state index in [1.54, 1.807) is 25.4 Å². The molecule has 0 aliphatic rings. The van der Waals surface area contributed by atoms with E-state index in [1.165, 1.54) is 6.07 Å². The molecule has 3 N–H and O–H groups in total. The van der Waals surface area contributed by atoms with Crippen LogP contribution in [0.3, 0.4) is 0 Å². The number of nitrogens with one attached hydrogen (secondary N) is 1. The first-order valence-corrected chi connectivity index (χ1v) is 6.79. The molecule has 0 spiro atoms. The number of pyridine rings is 1. The van der Waals surface area contributed by atoms with E-state index in [0.717, 1.165) is 29.8 Å². The number of nitrogen functional groups attached to an aromatic ring is 1. The standard InChI is InChI=1S/C16H20FN3/c1-3-20-16(9-13-10-19-7-6-15(13)18)12-4-5-14(17)11(2)8-12/h4-8,10,16,20H,3,9H2,1-2H3,(H2,18,19). The van der Waals surface area contributed by atoms with Crippen molar-refractivity contribution in [3.8, 4) is 0 Å². The second kappa shape index (κ2) is 6.48. The van der Waals surface area contributed by atoms with Crippen molar-refractivity contribution in [2.45, 2.75) is 26.3 Å². The zero-order chi connectivity index (χ0) is 14.5. The first-order valence-electron chi connectivity index (χ1n) is 6.79. The molecule has 2 rings (SSSR count). The molecule has 20 heavy (non-hydrogen) atoms. The van der Waals surface area contributed by atoms with E-state index < -0.39 is 0 Å². The highest BCUT2D eigenvalue weighted by molar-refractivity contribution is 5.45. The average Bonchev–Trinajstić information content (AvgIpc) is 2.44. The highest BCUT2D eigenvalue weighted by Gasteiger charge is 2.14. The van der Waals surface area contributed by atoms with E-state index in [0.29, 0.717) is 5.56 Å². The zero-order valence-electron chi connectivity index (χ0n) is 11.9. The second-order valence-corrected chi connectivity index (χ2v) is 4.90. The molecule has 1 atom stereocenters. The van der Waals surface area contributed by atoms with E-state index in [2.05, 4.69) is 17.2 Å². The highest BCUT2D eigenvalue weighted by Crippen LogP contribution is 2.23. The SMILES string of the molecule is CCNC(Cc1cnccc1N)c1ccc(F)c(C)c1. The van der Waals surface area contributed by atoms with Gasteiger partial charge < -0.3 is 11.1 Å². The zero-order valence-corrected chi connectivity index (χ0v) is 11.9. The van der Waals surface area contributed by atoms with Gasteiger partial charge in [0.15, 0.2) is 0 Å². The molecule has 2 aromatic rings. The van der Waals surface area contributed by atoms with Gasteiger partial charge in [-0.1, -0.05) is 19.1 Å². The Balaban J connectivity index is 2.27. The van der Waals surface area contributed by atoms with Gasteiger partial charge in [0.1, 0.15) is 5.82 Å². The number of anilines is 1. The van der Waals surface area contributed by atoms with Crippen LogP contribution in [0.25, 0.3) is 0 Å². The maximum absolute atomic E-state index is 13.4. The van der Waals surface area contributed by atoms with Crippen LogP contribution in [-0.4, -0.2) is 11.5 Å². The van der Waals surface area contributed by atoms with E-state index >= 15 is 0 Å². The summed E-state index contributed by atoms with van der Waals surface area (Å²) in [6.07, 6.45) is 4.21. The molecule has 3 nitrogen and oxygen atoms in total. The van der Waals surface area contributed by atoms with Crippen LogP contribution in [0.4, 0.5) is 10.1 Å². The lowest BCUT2D eigenvalue weighted by atomic mass is 9.97. The summed E-state index contributed by atoms with van der Waals surface area (Å²) < 4.78 is 13.4. The number of nitrogens with two attached hydrogens (primary N) is 1. The second-order valence-electron chi connectivity index (χ2n) is 4.90. The van der Waals surface area contributed by atoms with Crippen LogP contribution in [0.5, 0.6) is 0 Å². The molecule has 4 heteroatoms. The predicted octanol–water partition coefficient (Wildman–Crippen LogP) is 3.00. The first kappa shape index (κ1) is 14.5. The van der Waals surface area contributed by atoms with Crippen molar-refractivity contribution >= 4 is 5.69 Å². The van der Waals surface area contributed by atoms with E-state index in [4.69, 9.17) is 5.73 Å². The van der Waals surface area contributed by atoms with Crippen LogP contribution in [0.1, 0.15) is 29.7 Å². The van der Waals surface area contributed by atoms with Gasteiger partial charge in [0.2, 0.25) is 0 Å². The van der Waals surface area contributed by atoms with Crippen LogP contribution < -0.4 is 11.1 Å². The minimum atomic E-state index is -0.176. The Labute approximate surface area is 119 Å². The fourth-order valence-electron chi connectivity index (χ4n) is 2.27. The maximum atomic E-state index is 13.4. The third-order valence-corrected chi connectivity index (χ3v) is 3.40. The van der Waals surface area contributed by atoms with Gasteiger partial charge in [-0.05, 0) is 48.7 Å². The Kier molecular flexibility index (Phi) is 4.69. The number of likely N-dealkylation sites (N-methyl/N-ethyl adjacent to an activating group) is 1. The van der Waals surface area contributed by atoms with Crippen molar-refractivity contribution in [1.29, 1.82) is 0 Å². The van der Waals surface area contributed by atoms with E-state index in [-0.39, 0.29) is 11.9 Å². The summed E-state index contributed by atoms with van der Waals surface area (Å²) in [4.78, 5) is 4.12. The Hall–Kier alpha value is -1.94. The number of benzene rings is 1. The number of aryl methyl sites for hydroxylation is 1. The Bertz CT molecular complexity index is 584. The topological polar surface area (TPSA) is 50.9 Å². The van der Waals surface area contributed by atoms with Crippen molar-refractivity contribution in [2.75, 3.05) is 12.3 Å². The van der Waals surface area contributed by atoms with Crippen molar-refractivity contribution in [1.82, 2.24) is 10.3 Å². The molecular formula is C16H20FN3. The van der Waals surface area contributed by atoms with Gasteiger partial charge in [0, 0.05) is 24.1 Å². The summed E-state index contributed by atoms with van der Waals surface area (Å²) in [5, 5.41) is 3.42. The molecule has 1 unspecified atom stereocenters. The molecule has 0 saturated heterocycles. The number of hydrogen-bond acceptors (Lipinski definition) is 3. The van der Waals surface area contributed by atoms with E-state index in [1.807, 2.05) is 12.1 Å². The van der Waals surface area contributed by atoms with Crippen LogP contribution in [-0.2, 0) is 6.42 Å². The number of hydrogen-bond donors (Lipinski definition) is 2. The minimum absolute atomic E-state index is 0.103. The number of aromatic nitrogens is 1. The van der Waals surface area contributed by atoms with Crippen LogP contribution in [0.15, 0.2) is 36.7 Å². The van der Waals surface area contributed by atoms with Gasteiger partial charge in [0.05, 0.1) is 0 Å². The quantitative estimate of drug-likeness (QED) is 0.880. The molecule has 0 aliphatic carbocycles. The fraction of sp³-hybridized carbons (Fsp3) is 0.312. The van der Waals surface area contributed by atoms with Gasteiger partial charge in [-0.3, -0.25) is 4.98 Å². The summed E-state index contributed by atoms with van der Waals surface area (Å²) in [5.41, 5.74) is 9.43. The molecule has 0 fully saturated rings. The highest BCUT2D eigenvalue weighted by atomic mass is 19.1.